The quantitative estimate of drug-likeness (QED) is 0.349. The number of rotatable bonds is 6. The van der Waals surface area contributed by atoms with Crippen LogP contribution in [0.15, 0.2) is 23.4 Å². The van der Waals surface area contributed by atoms with E-state index in [2.05, 4.69) is 5.16 Å². The Balaban J connectivity index is 2.81. The fourth-order valence-corrected chi connectivity index (χ4v) is 1.62. The van der Waals surface area contributed by atoms with Gasteiger partial charge in [-0.1, -0.05) is 5.16 Å². The van der Waals surface area contributed by atoms with Crippen LogP contribution in [0.1, 0.15) is 16.8 Å². The van der Waals surface area contributed by atoms with E-state index in [1.807, 2.05) is 0 Å². The van der Waals surface area contributed by atoms with Crippen LogP contribution in [0.5, 0.6) is 11.5 Å². The number of carbonyl (C=O) groups is 1. The molecule has 0 aromatic heterocycles. The summed E-state index contributed by atoms with van der Waals surface area (Å²) in [6.07, 6.45) is 0.298. The van der Waals surface area contributed by atoms with Gasteiger partial charge in [-0.05, 0) is 18.2 Å². The van der Waals surface area contributed by atoms with Crippen LogP contribution < -0.4 is 15.2 Å². The maximum Gasteiger partial charge on any atom is 0.253 e. The van der Waals surface area contributed by atoms with E-state index in [9.17, 15) is 4.79 Å². The van der Waals surface area contributed by atoms with Crippen molar-refractivity contribution in [3.05, 3.63) is 23.8 Å². The van der Waals surface area contributed by atoms with Crippen LogP contribution in [0.2, 0.25) is 0 Å². The van der Waals surface area contributed by atoms with Crippen molar-refractivity contribution in [2.75, 3.05) is 27.8 Å². The fraction of sp³-hybridized carbons (Fsp3) is 0.385. The summed E-state index contributed by atoms with van der Waals surface area (Å²) in [6, 6.07) is 4.94. The van der Waals surface area contributed by atoms with Crippen LogP contribution >= 0.6 is 0 Å². The minimum Gasteiger partial charge on any atom is -0.493 e. The van der Waals surface area contributed by atoms with Crippen LogP contribution in [0.25, 0.3) is 0 Å². The highest BCUT2D eigenvalue weighted by Gasteiger charge is 2.14. The summed E-state index contributed by atoms with van der Waals surface area (Å²) < 4.78 is 10.3. The first-order chi connectivity index (χ1) is 9.53. The third-order valence-corrected chi connectivity index (χ3v) is 2.81. The molecule has 0 aliphatic rings. The maximum absolute atomic E-state index is 12.2. The molecule has 1 aromatic carbocycles. The van der Waals surface area contributed by atoms with Crippen LogP contribution in [-0.4, -0.2) is 49.7 Å². The third-order valence-electron chi connectivity index (χ3n) is 2.81. The molecule has 7 nitrogen and oxygen atoms in total. The fourth-order valence-electron chi connectivity index (χ4n) is 1.62. The van der Waals surface area contributed by atoms with Crippen LogP contribution in [0, 0.1) is 0 Å². The van der Waals surface area contributed by atoms with E-state index in [-0.39, 0.29) is 11.7 Å². The number of carbonyl (C=O) groups excluding carboxylic acids is 1. The van der Waals surface area contributed by atoms with E-state index < -0.39 is 0 Å². The molecule has 1 amide bonds. The molecule has 0 saturated carbocycles. The Bertz CT molecular complexity index is 502. The summed E-state index contributed by atoms with van der Waals surface area (Å²) in [5, 5.41) is 11.3. The van der Waals surface area contributed by atoms with Crippen molar-refractivity contribution in [2.24, 2.45) is 10.9 Å². The van der Waals surface area contributed by atoms with E-state index in [1.165, 1.54) is 19.1 Å². The van der Waals surface area contributed by atoms with Crippen molar-refractivity contribution >= 4 is 11.7 Å². The Morgan fingerprint density at radius 1 is 1.35 bits per heavy atom. The van der Waals surface area contributed by atoms with E-state index in [0.717, 1.165) is 0 Å². The predicted molar refractivity (Wildman–Crippen MR) is 74.5 cm³/mol. The number of nitrogens with zero attached hydrogens (tertiary/aromatic N) is 2. The molecule has 0 aliphatic heterocycles. The van der Waals surface area contributed by atoms with Crippen molar-refractivity contribution < 1.29 is 19.5 Å². The van der Waals surface area contributed by atoms with Crippen molar-refractivity contribution in [2.45, 2.75) is 6.42 Å². The van der Waals surface area contributed by atoms with Crippen LogP contribution in [0.4, 0.5) is 0 Å². The molecule has 0 bridgehead atoms. The molecular weight excluding hydrogens is 262 g/mol. The van der Waals surface area contributed by atoms with Gasteiger partial charge in [0.2, 0.25) is 0 Å². The summed E-state index contributed by atoms with van der Waals surface area (Å²) in [5.74, 6) is 0.945. The molecule has 110 valence electrons. The summed E-state index contributed by atoms with van der Waals surface area (Å²) in [6.45, 7) is 0.350. The molecule has 20 heavy (non-hydrogen) atoms. The van der Waals surface area contributed by atoms with Gasteiger partial charge in [0.05, 0.1) is 14.2 Å². The van der Waals surface area contributed by atoms with E-state index in [4.69, 9.17) is 20.4 Å². The number of amides is 1. The molecule has 0 fully saturated rings. The number of methoxy groups -OCH3 is 2. The average molecular weight is 281 g/mol. The van der Waals surface area contributed by atoms with Gasteiger partial charge in [-0.15, -0.1) is 0 Å². The monoisotopic (exact) mass is 281 g/mol. The largest absolute Gasteiger partial charge is 0.493 e. The van der Waals surface area contributed by atoms with Gasteiger partial charge in [0.15, 0.2) is 11.5 Å². The standard InChI is InChI=1S/C13H19N3O4/c1-16(7-6-12(14)15-18)13(17)9-4-5-10(19-2)11(8-9)20-3/h4-5,8,18H,6-7H2,1-3H3,(H2,14,15). The number of benzene rings is 1. The molecule has 0 unspecified atom stereocenters. The lowest BCUT2D eigenvalue weighted by Gasteiger charge is -2.17. The van der Waals surface area contributed by atoms with Gasteiger partial charge in [-0.2, -0.15) is 0 Å². The number of nitrogens with two attached hydrogens (primary N) is 1. The zero-order valence-corrected chi connectivity index (χ0v) is 11.8. The van der Waals surface area contributed by atoms with Gasteiger partial charge < -0.3 is 25.3 Å². The third kappa shape index (κ3) is 3.78. The number of amidine groups is 1. The molecule has 1 rings (SSSR count). The molecule has 0 spiro atoms. The van der Waals surface area contributed by atoms with Gasteiger partial charge in [-0.25, -0.2) is 0 Å². The van der Waals surface area contributed by atoms with Crippen molar-refractivity contribution in [1.82, 2.24) is 4.90 Å². The predicted octanol–water partition coefficient (Wildman–Crippen LogP) is 0.912. The van der Waals surface area contributed by atoms with Crippen LogP contribution in [-0.2, 0) is 0 Å². The number of hydrogen-bond donors (Lipinski definition) is 2. The average Bonchev–Trinajstić information content (AvgIpc) is 2.50. The van der Waals surface area contributed by atoms with Gasteiger partial charge in [0, 0.05) is 25.6 Å². The first-order valence-electron chi connectivity index (χ1n) is 5.97. The lowest BCUT2D eigenvalue weighted by molar-refractivity contribution is 0.0798. The van der Waals surface area contributed by atoms with Gasteiger partial charge in [0.1, 0.15) is 5.84 Å². The summed E-state index contributed by atoms with van der Waals surface area (Å²) in [7, 11) is 4.68. The van der Waals surface area contributed by atoms with Crippen molar-refractivity contribution in [3.63, 3.8) is 0 Å². The molecule has 0 atom stereocenters. The Kier molecular flexibility index (Phi) is 5.64. The molecule has 7 heteroatoms. The molecular formula is C13H19N3O4. The second-order valence-corrected chi connectivity index (χ2v) is 4.14. The Morgan fingerprint density at radius 2 is 2.00 bits per heavy atom. The second kappa shape index (κ2) is 7.22. The first kappa shape index (κ1) is 15.6. The maximum atomic E-state index is 12.2. The van der Waals surface area contributed by atoms with Crippen LogP contribution in [0.3, 0.4) is 0 Å². The number of hydrogen-bond acceptors (Lipinski definition) is 5. The van der Waals surface area contributed by atoms with E-state index >= 15 is 0 Å². The Hall–Kier alpha value is -2.44. The summed E-state index contributed by atoms with van der Waals surface area (Å²) >= 11 is 0. The lowest BCUT2D eigenvalue weighted by Crippen LogP contribution is -2.30. The highest BCUT2D eigenvalue weighted by molar-refractivity contribution is 5.95. The highest BCUT2D eigenvalue weighted by atomic mass is 16.5. The molecule has 3 N–H and O–H groups in total. The summed E-state index contributed by atoms with van der Waals surface area (Å²) in [4.78, 5) is 13.7. The van der Waals surface area contributed by atoms with E-state index in [1.54, 1.807) is 25.2 Å². The normalized spacial score (nSPS) is 11.1. The Morgan fingerprint density at radius 3 is 2.55 bits per heavy atom. The smallest absolute Gasteiger partial charge is 0.253 e. The van der Waals surface area contributed by atoms with Crippen molar-refractivity contribution in [1.29, 1.82) is 0 Å². The second-order valence-electron chi connectivity index (χ2n) is 4.14. The molecule has 0 aliphatic carbocycles. The molecule has 0 saturated heterocycles. The zero-order valence-electron chi connectivity index (χ0n) is 11.8. The highest BCUT2D eigenvalue weighted by Crippen LogP contribution is 2.27. The SMILES string of the molecule is COc1ccc(C(=O)N(C)CC/C(N)=N/O)cc1OC. The molecule has 0 radical (unpaired) electrons. The minimum absolute atomic E-state index is 0.0805. The van der Waals surface area contributed by atoms with E-state index in [0.29, 0.717) is 30.0 Å². The minimum atomic E-state index is -0.184. The Labute approximate surface area is 117 Å². The summed E-state index contributed by atoms with van der Waals surface area (Å²) in [5.41, 5.74) is 5.85. The van der Waals surface area contributed by atoms with Gasteiger partial charge in [0.25, 0.3) is 5.91 Å². The van der Waals surface area contributed by atoms with Crippen molar-refractivity contribution in [3.8, 4) is 11.5 Å². The number of ether oxygens (including phenoxy) is 2. The topological polar surface area (TPSA) is 97.4 Å². The van der Waals surface area contributed by atoms with Gasteiger partial charge >= 0.3 is 0 Å². The molecule has 0 heterocycles. The zero-order chi connectivity index (χ0) is 15.1. The lowest BCUT2D eigenvalue weighted by atomic mass is 10.1. The first-order valence-corrected chi connectivity index (χ1v) is 5.97. The molecule has 1 aromatic rings. The van der Waals surface area contributed by atoms with Gasteiger partial charge in [-0.3, -0.25) is 4.79 Å². The number of oxime groups is 1.